The van der Waals surface area contributed by atoms with Crippen LogP contribution in [0.3, 0.4) is 0 Å². The summed E-state index contributed by atoms with van der Waals surface area (Å²) in [5.41, 5.74) is 0.594. The van der Waals surface area contributed by atoms with E-state index in [2.05, 4.69) is 10.1 Å². The van der Waals surface area contributed by atoms with Crippen LogP contribution in [0.2, 0.25) is 0 Å². The van der Waals surface area contributed by atoms with E-state index in [0.29, 0.717) is 18.0 Å². The number of rotatable bonds is 6. The van der Waals surface area contributed by atoms with Crippen LogP contribution in [-0.4, -0.2) is 31.4 Å². The second-order valence-corrected chi connectivity index (χ2v) is 6.09. The summed E-state index contributed by atoms with van der Waals surface area (Å²) in [6, 6.07) is 5.22. The van der Waals surface area contributed by atoms with Gasteiger partial charge in [0.1, 0.15) is 11.4 Å². The summed E-state index contributed by atoms with van der Waals surface area (Å²) in [6.07, 6.45) is 3.17. The molecule has 6 heteroatoms. The first-order valence-electron chi connectivity index (χ1n) is 7.78. The lowest BCUT2D eigenvalue weighted by Crippen LogP contribution is -2.27. The molecule has 0 aliphatic carbocycles. The fourth-order valence-corrected chi connectivity index (χ4v) is 1.73. The fraction of sp³-hybridized carbons (Fsp3) is 0.444. The highest BCUT2D eigenvalue weighted by molar-refractivity contribution is 5.89. The molecule has 6 nitrogen and oxygen atoms in total. The van der Waals surface area contributed by atoms with Crippen molar-refractivity contribution < 1.29 is 23.8 Å². The average molecular weight is 335 g/mol. The molecule has 0 saturated heterocycles. The smallest absolute Gasteiger partial charge is 0.412 e. The zero-order valence-corrected chi connectivity index (χ0v) is 14.8. The van der Waals surface area contributed by atoms with Gasteiger partial charge in [-0.1, -0.05) is 13.0 Å². The molecule has 132 valence electrons. The predicted molar refractivity (Wildman–Crippen MR) is 93.1 cm³/mol. The molecule has 1 aromatic rings. The summed E-state index contributed by atoms with van der Waals surface area (Å²) in [4.78, 5) is 23.2. The Labute approximate surface area is 142 Å². The predicted octanol–water partition coefficient (Wildman–Crippen LogP) is 4.01. The van der Waals surface area contributed by atoms with Crippen molar-refractivity contribution in [3.8, 4) is 5.75 Å². The van der Waals surface area contributed by atoms with Gasteiger partial charge in [-0.3, -0.25) is 5.32 Å². The summed E-state index contributed by atoms with van der Waals surface area (Å²) in [5.74, 6) is 0.0842. The van der Waals surface area contributed by atoms with Gasteiger partial charge in [0.15, 0.2) is 0 Å². The lowest BCUT2D eigenvalue weighted by Gasteiger charge is -2.20. The van der Waals surface area contributed by atoms with Crippen molar-refractivity contribution in [2.45, 2.75) is 39.7 Å². The second-order valence-electron chi connectivity index (χ2n) is 6.09. The van der Waals surface area contributed by atoms with E-state index < -0.39 is 17.7 Å². The van der Waals surface area contributed by atoms with E-state index in [1.54, 1.807) is 45.0 Å². The van der Waals surface area contributed by atoms with Crippen molar-refractivity contribution in [2.24, 2.45) is 0 Å². The Kier molecular flexibility index (Phi) is 7.30. The van der Waals surface area contributed by atoms with Crippen molar-refractivity contribution >= 4 is 23.8 Å². The molecule has 0 heterocycles. The van der Waals surface area contributed by atoms with E-state index in [0.717, 1.165) is 12.0 Å². The molecule has 1 rings (SSSR count). The molecule has 0 atom stereocenters. The molecular formula is C18H25NO5. The SMILES string of the molecule is CCCOc1ccc(/C=C\C(=O)OC)cc1NC(=O)OC(C)(C)C. The summed E-state index contributed by atoms with van der Waals surface area (Å²) < 4.78 is 15.5. The minimum Gasteiger partial charge on any atom is -0.491 e. The minimum absolute atomic E-state index is 0.456. The van der Waals surface area contributed by atoms with Crippen molar-refractivity contribution in [3.05, 3.63) is 29.8 Å². The van der Waals surface area contributed by atoms with Crippen LogP contribution in [0.15, 0.2) is 24.3 Å². The maximum absolute atomic E-state index is 12.0. The third-order valence-corrected chi connectivity index (χ3v) is 2.71. The lowest BCUT2D eigenvalue weighted by molar-refractivity contribution is -0.134. The second kappa shape index (κ2) is 8.96. The Hall–Kier alpha value is -2.50. The van der Waals surface area contributed by atoms with Gasteiger partial charge in [-0.2, -0.15) is 0 Å². The number of anilines is 1. The molecule has 0 aliphatic heterocycles. The largest absolute Gasteiger partial charge is 0.491 e. The summed E-state index contributed by atoms with van der Waals surface area (Å²) in [7, 11) is 1.31. The summed E-state index contributed by atoms with van der Waals surface area (Å²) in [6.45, 7) is 7.89. The molecule has 0 bridgehead atoms. The van der Waals surface area contributed by atoms with E-state index in [9.17, 15) is 9.59 Å². The van der Waals surface area contributed by atoms with E-state index in [1.807, 2.05) is 6.92 Å². The number of hydrogen-bond acceptors (Lipinski definition) is 5. The Balaban J connectivity index is 3.00. The van der Waals surface area contributed by atoms with Crippen LogP contribution in [0.1, 0.15) is 39.7 Å². The van der Waals surface area contributed by atoms with Gasteiger partial charge < -0.3 is 14.2 Å². The number of methoxy groups -OCH3 is 1. The number of ether oxygens (including phenoxy) is 3. The zero-order valence-electron chi connectivity index (χ0n) is 14.8. The normalized spacial score (nSPS) is 11.2. The van der Waals surface area contributed by atoms with Gasteiger partial charge in [0.05, 0.1) is 19.4 Å². The van der Waals surface area contributed by atoms with Gasteiger partial charge >= 0.3 is 12.1 Å². The molecule has 0 aromatic heterocycles. The first-order chi connectivity index (χ1) is 11.2. The first kappa shape index (κ1) is 19.5. The number of amides is 1. The molecule has 0 unspecified atom stereocenters. The molecule has 1 aromatic carbocycles. The molecule has 0 aliphatic rings. The van der Waals surface area contributed by atoms with Crippen LogP contribution in [-0.2, 0) is 14.3 Å². The van der Waals surface area contributed by atoms with Crippen LogP contribution in [0, 0.1) is 0 Å². The van der Waals surface area contributed by atoms with E-state index in [-0.39, 0.29) is 0 Å². The summed E-state index contributed by atoms with van der Waals surface area (Å²) in [5, 5.41) is 2.68. The monoisotopic (exact) mass is 335 g/mol. The average Bonchev–Trinajstić information content (AvgIpc) is 2.49. The number of benzene rings is 1. The number of nitrogens with one attached hydrogen (secondary N) is 1. The molecule has 1 N–H and O–H groups in total. The molecule has 0 radical (unpaired) electrons. The number of carbonyl (C=O) groups excluding carboxylic acids is 2. The zero-order chi connectivity index (χ0) is 18.2. The maximum Gasteiger partial charge on any atom is 0.412 e. The molecule has 0 fully saturated rings. The van der Waals surface area contributed by atoms with Crippen molar-refractivity contribution in [1.29, 1.82) is 0 Å². The van der Waals surface area contributed by atoms with Gasteiger partial charge in [-0.15, -0.1) is 0 Å². The molecule has 1 amide bonds. The quantitative estimate of drug-likeness (QED) is 0.628. The van der Waals surface area contributed by atoms with Crippen LogP contribution >= 0.6 is 0 Å². The standard InChI is InChI=1S/C18H25NO5/c1-6-11-23-15-9-7-13(8-10-16(20)22-5)12-14(15)19-17(21)24-18(2,3)4/h7-10,12H,6,11H2,1-5H3,(H,19,21)/b10-8-. The van der Waals surface area contributed by atoms with Crippen LogP contribution < -0.4 is 10.1 Å². The third kappa shape index (κ3) is 7.17. The molecule has 0 saturated carbocycles. The van der Waals surface area contributed by atoms with E-state index in [1.165, 1.54) is 13.2 Å². The van der Waals surface area contributed by atoms with E-state index in [4.69, 9.17) is 9.47 Å². The van der Waals surface area contributed by atoms with E-state index >= 15 is 0 Å². The Morgan fingerprint density at radius 3 is 2.54 bits per heavy atom. The topological polar surface area (TPSA) is 73.9 Å². The van der Waals surface area contributed by atoms with Crippen molar-refractivity contribution in [2.75, 3.05) is 19.0 Å². The Morgan fingerprint density at radius 1 is 1.25 bits per heavy atom. The van der Waals surface area contributed by atoms with Gasteiger partial charge in [0, 0.05) is 6.08 Å². The molecule has 24 heavy (non-hydrogen) atoms. The maximum atomic E-state index is 12.0. The first-order valence-corrected chi connectivity index (χ1v) is 7.78. The van der Waals surface area contributed by atoms with Gasteiger partial charge in [-0.05, 0) is 51.0 Å². The Morgan fingerprint density at radius 2 is 1.96 bits per heavy atom. The van der Waals surface area contributed by atoms with Gasteiger partial charge in [0.2, 0.25) is 0 Å². The van der Waals surface area contributed by atoms with Crippen LogP contribution in [0.4, 0.5) is 10.5 Å². The summed E-state index contributed by atoms with van der Waals surface area (Å²) >= 11 is 0. The van der Waals surface area contributed by atoms with Crippen LogP contribution in [0.5, 0.6) is 5.75 Å². The minimum atomic E-state index is -0.600. The highest BCUT2D eigenvalue weighted by Crippen LogP contribution is 2.27. The van der Waals surface area contributed by atoms with Crippen molar-refractivity contribution in [3.63, 3.8) is 0 Å². The van der Waals surface area contributed by atoms with Gasteiger partial charge in [-0.25, -0.2) is 9.59 Å². The number of hydrogen-bond donors (Lipinski definition) is 1. The van der Waals surface area contributed by atoms with Crippen molar-refractivity contribution in [1.82, 2.24) is 0 Å². The Bertz CT molecular complexity index is 602. The lowest BCUT2D eigenvalue weighted by atomic mass is 10.1. The highest BCUT2D eigenvalue weighted by atomic mass is 16.6. The molecule has 0 spiro atoms. The third-order valence-electron chi connectivity index (χ3n) is 2.71. The number of carbonyl (C=O) groups is 2. The number of esters is 1. The van der Waals surface area contributed by atoms with Crippen LogP contribution in [0.25, 0.3) is 6.08 Å². The fourth-order valence-electron chi connectivity index (χ4n) is 1.73. The van der Waals surface area contributed by atoms with Gasteiger partial charge in [0.25, 0.3) is 0 Å². The molecular weight excluding hydrogens is 310 g/mol. The highest BCUT2D eigenvalue weighted by Gasteiger charge is 2.17.